The van der Waals surface area contributed by atoms with E-state index in [2.05, 4.69) is 67.3 Å². The summed E-state index contributed by atoms with van der Waals surface area (Å²) >= 11 is 1.54. The molecule has 1 aliphatic heterocycles. The number of hydrogen-bond acceptors (Lipinski definition) is 9. The minimum Gasteiger partial charge on any atom is -0.496 e. The summed E-state index contributed by atoms with van der Waals surface area (Å²) in [5, 5.41) is 8.59. The van der Waals surface area contributed by atoms with Gasteiger partial charge in [0.2, 0.25) is 11.8 Å². The summed E-state index contributed by atoms with van der Waals surface area (Å²) in [5.74, 6) is -0.497. The molecule has 67 heavy (non-hydrogen) atoms. The molecule has 4 atom stereocenters. The number of likely N-dealkylation sites (tertiary alicyclic amines) is 1. The molecule has 3 aromatic rings. The monoisotopic (exact) mass is 958 g/mol. The number of aromatic amines is 1. The number of benzene rings is 2. The first-order valence-electron chi connectivity index (χ1n) is 22.3. The summed E-state index contributed by atoms with van der Waals surface area (Å²) in [4.78, 5) is 66.6. The summed E-state index contributed by atoms with van der Waals surface area (Å²) in [7, 11) is 3.13. The Kier molecular flexibility index (Phi) is 20.9. The number of nitrogens with one attached hydrogen (secondary N) is 3. The van der Waals surface area contributed by atoms with Crippen LogP contribution in [0.4, 0.5) is 23.2 Å². The van der Waals surface area contributed by atoms with Gasteiger partial charge in [0.05, 0.1) is 23.9 Å². The van der Waals surface area contributed by atoms with Crippen molar-refractivity contribution in [1.29, 1.82) is 0 Å². The van der Waals surface area contributed by atoms with Crippen molar-refractivity contribution in [2.75, 3.05) is 26.0 Å². The van der Waals surface area contributed by atoms with Crippen molar-refractivity contribution in [3.05, 3.63) is 100.0 Å². The van der Waals surface area contributed by atoms with Crippen LogP contribution in [0.25, 0.3) is 15.8 Å². The van der Waals surface area contributed by atoms with Gasteiger partial charge in [-0.05, 0) is 106 Å². The molecule has 2 amide bonds. The average molecular weight is 958 g/mol. The highest BCUT2D eigenvalue weighted by Gasteiger charge is 2.66. The predicted molar refractivity (Wildman–Crippen MR) is 264 cm³/mol. The van der Waals surface area contributed by atoms with Gasteiger partial charge in [-0.3, -0.25) is 19.2 Å². The Morgan fingerprint density at radius 3 is 2.19 bits per heavy atom. The van der Waals surface area contributed by atoms with Crippen molar-refractivity contribution in [3.63, 3.8) is 0 Å². The molecule has 2 heterocycles. The number of anilines is 1. The van der Waals surface area contributed by atoms with Crippen LogP contribution >= 0.6 is 11.8 Å². The fourth-order valence-electron chi connectivity index (χ4n) is 7.86. The topological polar surface area (TPSA) is 164 Å². The molecule has 6 rings (SSSR count). The number of aromatic nitrogens is 1. The van der Waals surface area contributed by atoms with E-state index in [9.17, 15) is 36.7 Å². The van der Waals surface area contributed by atoms with Crippen LogP contribution in [0.5, 0.6) is 5.75 Å². The number of rotatable bonds is 13. The summed E-state index contributed by atoms with van der Waals surface area (Å²) < 4.78 is 59.1. The summed E-state index contributed by atoms with van der Waals surface area (Å²) in [6.07, 6.45) is -0.774. The number of methoxy groups -OCH3 is 1. The number of carbonyl (C=O) groups excluding carboxylic acids is 4. The van der Waals surface area contributed by atoms with Crippen LogP contribution in [0.1, 0.15) is 111 Å². The molecule has 1 saturated heterocycles. The Hall–Kier alpha value is -5.22. The Labute approximate surface area is 397 Å². The molecule has 3 unspecified atom stereocenters. The number of hydrogen-bond donors (Lipinski definition) is 4. The zero-order valence-corrected chi connectivity index (χ0v) is 41.8. The Morgan fingerprint density at radius 2 is 1.69 bits per heavy atom. The molecule has 5 N–H and O–H groups in total. The maximum Gasteiger partial charge on any atom is 0.416 e. The second kappa shape index (κ2) is 24.2. The van der Waals surface area contributed by atoms with Gasteiger partial charge in [-0.1, -0.05) is 78.8 Å². The normalized spacial score (nSPS) is 19.7. The number of aryl methyl sites for hydroxylation is 1. The molecule has 11 nitrogen and oxygen atoms in total. The minimum atomic E-state index is -4.75. The van der Waals surface area contributed by atoms with Crippen molar-refractivity contribution in [3.8, 4) is 5.75 Å². The quantitative estimate of drug-likeness (QED) is 0.0964. The average Bonchev–Trinajstić information content (AvgIpc) is 4.16. The molecule has 3 fully saturated rings. The number of pyridine rings is 1. The number of halogens is 4. The number of allylic oxidation sites excluding steroid dienone is 1. The molecule has 16 heteroatoms. The smallest absolute Gasteiger partial charge is 0.416 e. The molecule has 3 aliphatic rings. The van der Waals surface area contributed by atoms with Gasteiger partial charge in [-0.15, -0.1) is 13.2 Å². The number of alkyl halides is 3. The standard InChI is InChI=1S/C28H37F4N3O3.C19H23NO2S.C2H4.CH5N.CH2O/c1-6-16-15-27(16,24(38)26(5)9-10-26)34-22(36)20-8-7-11-35(20)23(37)21(25(2,3)4)33-19-13-17(28(30,31)32)12-18(29)14-19;1-11(2)12(3)10-23-14(5)16-9-17(21)15-7-8-18(22-6)13(4)19(15)20-16;3*1-2/h12-14,16,20-21,33H,6-11,15H2,1-5H3,(H,34,36);7-11H,5H2,1-4,6H3,(H,20,21);1-2H2;2H2,1H3;1H2/b;12-10+;;;/t16?,20?,21?,27-;;;;/m1..../s1. The number of H-pyrrole nitrogens is 1. The van der Waals surface area contributed by atoms with E-state index in [-0.39, 0.29) is 28.7 Å². The summed E-state index contributed by atoms with van der Waals surface area (Å²) in [6, 6.07) is 5.51. The number of thioether (sulfide) groups is 1. The first kappa shape index (κ1) is 57.9. The molecule has 2 aromatic carbocycles. The van der Waals surface area contributed by atoms with E-state index in [1.54, 1.807) is 51.8 Å². The lowest BCUT2D eigenvalue weighted by molar-refractivity contribution is -0.142. The molecule has 0 spiro atoms. The van der Waals surface area contributed by atoms with E-state index in [1.807, 2.05) is 33.6 Å². The number of ether oxygens (including phenoxy) is 1. The van der Waals surface area contributed by atoms with Crippen LogP contribution in [0.15, 0.2) is 71.9 Å². The van der Waals surface area contributed by atoms with Crippen molar-refractivity contribution in [2.24, 2.45) is 28.4 Å². The maximum atomic E-state index is 14.0. The zero-order chi connectivity index (χ0) is 51.4. The Morgan fingerprint density at radius 1 is 1.07 bits per heavy atom. The fourth-order valence-corrected chi connectivity index (χ4v) is 8.70. The molecule has 370 valence electrons. The van der Waals surface area contributed by atoms with Crippen LogP contribution in [0.2, 0.25) is 0 Å². The molecule has 0 radical (unpaired) electrons. The van der Waals surface area contributed by atoms with E-state index in [4.69, 9.17) is 9.53 Å². The highest BCUT2D eigenvalue weighted by molar-refractivity contribution is 8.10. The van der Waals surface area contributed by atoms with E-state index in [0.717, 1.165) is 58.8 Å². The molecular weight excluding hydrogens is 887 g/mol. The lowest BCUT2D eigenvalue weighted by Gasteiger charge is -2.36. The zero-order valence-electron chi connectivity index (χ0n) is 41.0. The maximum absolute atomic E-state index is 14.0. The SMILES string of the molecule is C=C.C=C(S/C=C(\C)C(C)C)c1cc(=O)c2ccc(OC)c(C)c2[nH]1.C=O.CCC1C[C@]1(NC(=O)C1CCCN1C(=O)C(Nc1cc(F)cc(C(F)(F)F)c1)C(C)(C)C)C(=O)C1(C)CC1.CN. The first-order chi connectivity index (χ1) is 31.4. The van der Waals surface area contributed by atoms with Gasteiger partial charge in [0.1, 0.15) is 36.0 Å². The Balaban J connectivity index is 0.000000455. The van der Waals surface area contributed by atoms with Gasteiger partial charge in [-0.25, -0.2) is 4.39 Å². The minimum absolute atomic E-state index is 0.00851. The van der Waals surface area contributed by atoms with Gasteiger partial charge in [0, 0.05) is 39.6 Å². The highest BCUT2D eigenvalue weighted by atomic mass is 32.2. The molecule has 2 aliphatic carbocycles. The van der Waals surface area contributed by atoms with Crippen LogP contribution in [-0.4, -0.2) is 72.6 Å². The lowest BCUT2D eigenvalue weighted by atomic mass is 9.85. The van der Waals surface area contributed by atoms with E-state index < -0.39 is 51.9 Å². The molecular formula is C51H71F4N5O6S. The third-order valence-electron chi connectivity index (χ3n) is 12.4. The van der Waals surface area contributed by atoms with Crippen molar-refractivity contribution < 1.29 is 41.5 Å². The fraction of sp³-hybridized carbons (Fsp3) is 0.510. The van der Waals surface area contributed by atoms with Crippen LogP contribution < -0.4 is 26.5 Å². The third kappa shape index (κ3) is 14.2. The number of nitrogens with zero attached hydrogens (tertiary/aromatic N) is 1. The van der Waals surface area contributed by atoms with Gasteiger partial charge in [0.15, 0.2) is 11.2 Å². The second-order valence-corrected chi connectivity index (χ2v) is 19.4. The number of amides is 2. The number of carbonyl (C=O) groups is 4. The second-order valence-electron chi connectivity index (χ2n) is 18.4. The molecule has 2 saturated carbocycles. The van der Waals surface area contributed by atoms with Gasteiger partial charge < -0.3 is 35.8 Å². The predicted octanol–water partition coefficient (Wildman–Crippen LogP) is 10.6. The summed E-state index contributed by atoms with van der Waals surface area (Å²) in [6.45, 7) is 29.9. The number of fused-ring (bicyclic) bond motifs is 1. The third-order valence-corrected chi connectivity index (χ3v) is 13.4. The highest BCUT2D eigenvalue weighted by Crippen LogP contribution is 2.57. The number of ketones is 1. The van der Waals surface area contributed by atoms with E-state index >= 15 is 0 Å². The number of nitrogens with two attached hydrogens (primary N) is 1. The number of Topliss-reactive ketones (excluding diaryl/α,β-unsaturated/α-hetero) is 1. The Bertz CT molecular complexity index is 2320. The van der Waals surface area contributed by atoms with Crippen LogP contribution in [0.3, 0.4) is 0 Å². The van der Waals surface area contributed by atoms with Crippen LogP contribution in [-0.2, 0) is 25.4 Å². The largest absolute Gasteiger partial charge is 0.496 e. The van der Waals surface area contributed by atoms with Crippen molar-refractivity contribution in [2.45, 2.75) is 125 Å². The van der Waals surface area contributed by atoms with Gasteiger partial charge in [-0.2, -0.15) is 13.2 Å². The van der Waals surface area contributed by atoms with Gasteiger partial charge >= 0.3 is 6.18 Å². The van der Waals surface area contributed by atoms with Gasteiger partial charge in [0.25, 0.3) is 0 Å². The first-order valence-corrected chi connectivity index (χ1v) is 23.2. The molecule has 0 bridgehead atoms. The van der Waals surface area contributed by atoms with Crippen molar-refractivity contribution in [1.82, 2.24) is 15.2 Å². The van der Waals surface area contributed by atoms with E-state index in [0.29, 0.717) is 43.2 Å². The van der Waals surface area contributed by atoms with Crippen LogP contribution in [0, 0.1) is 35.4 Å². The lowest BCUT2D eigenvalue weighted by Crippen LogP contribution is -2.57. The van der Waals surface area contributed by atoms with E-state index in [1.165, 1.54) is 17.5 Å². The molecule has 1 aromatic heterocycles. The summed E-state index contributed by atoms with van der Waals surface area (Å²) in [5.41, 5.74) is 4.88. The van der Waals surface area contributed by atoms with Crippen molar-refractivity contribution >= 4 is 57.6 Å².